The van der Waals surface area contributed by atoms with Crippen LogP contribution in [-0.2, 0) is 4.74 Å². The predicted molar refractivity (Wildman–Crippen MR) is 78.2 cm³/mol. The summed E-state index contributed by atoms with van der Waals surface area (Å²) in [4.78, 5) is 16.6. The average molecular weight is 272 g/mol. The van der Waals surface area contributed by atoms with Crippen molar-refractivity contribution in [1.29, 1.82) is 0 Å². The summed E-state index contributed by atoms with van der Waals surface area (Å²) in [6, 6.07) is 7.50. The van der Waals surface area contributed by atoms with Crippen molar-refractivity contribution in [3.63, 3.8) is 0 Å². The van der Waals surface area contributed by atoms with E-state index >= 15 is 0 Å². The highest BCUT2D eigenvalue weighted by atomic mass is 16.5. The van der Waals surface area contributed by atoms with Crippen LogP contribution >= 0.6 is 0 Å². The van der Waals surface area contributed by atoms with E-state index in [0.29, 0.717) is 17.9 Å². The second kappa shape index (κ2) is 6.01. The van der Waals surface area contributed by atoms with E-state index in [4.69, 9.17) is 4.74 Å². The van der Waals surface area contributed by atoms with Crippen LogP contribution in [0.15, 0.2) is 30.5 Å². The van der Waals surface area contributed by atoms with Gasteiger partial charge in [0, 0.05) is 30.3 Å². The number of carbonyl (C=O) groups is 1. The molecule has 0 N–H and O–H groups in total. The molecule has 2 aromatic heterocycles. The van der Waals surface area contributed by atoms with E-state index in [9.17, 15) is 4.79 Å². The van der Waals surface area contributed by atoms with Crippen molar-refractivity contribution in [2.45, 2.75) is 26.8 Å². The smallest absolute Gasteiger partial charge is 0.213 e. The molecule has 0 aliphatic carbocycles. The predicted octanol–water partition coefficient (Wildman–Crippen LogP) is 2.94. The Morgan fingerprint density at radius 2 is 2.15 bits per heavy atom. The largest absolute Gasteiger partial charge is 0.383 e. The van der Waals surface area contributed by atoms with Crippen molar-refractivity contribution in [3.8, 4) is 0 Å². The van der Waals surface area contributed by atoms with Crippen LogP contribution in [-0.4, -0.2) is 29.1 Å². The maximum absolute atomic E-state index is 12.5. The van der Waals surface area contributed by atoms with Crippen molar-refractivity contribution in [3.05, 3.63) is 53.1 Å². The van der Waals surface area contributed by atoms with Gasteiger partial charge < -0.3 is 9.30 Å². The third kappa shape index (κ3) is 2.65. The molecule has 0 aromatic carbocycles. The monoisotopic (exact) mass is 272 g/mol. The lowest BCUT2D eigenvalue weighted by atomic mass is 10.1. The van der Waals surface area contributed by atoms with E-state index in [0.717, 1.165) is 11.4 Å². The van der Waals surface area contributed by atoms with Gasteiger partial charge in [-0.2, -0.15) is 0 Å². The molecule has 0 spiro atoms. The summed E-state index contributed by atoms with van der Waals surface area (Å²) >= 11 is 0. The van der Waals surface area contributed by atoms with Crippen LogP contribution in [0, 0.1) is 13.8 Å². The molecule has 20 heavy (non-hydrogen) atoms. The normalized spacial score (nSPS) is 12.4. The molecular weight excluding hydrogens is 252 g/mol. The maximum atomic E-state index is 12.5. The molecule has 2 aromatic rings. The molecule has 0 aliphatic rings. The molecule has 0 aliphatic heterocycles. The Balaban J connectivity index is 2.40. The summed E-state index contributed by atoms with van der Waals surface area (Å²) in [5.74, 6) is -0.0328. The molecular formula is C16H20N2O2. The third-order valence-electron chi connectivity index (χ3n) is 3.48. The highest BCUT2D eigenvalue weighted by Gasteiger charge is 2.20. The number of carbonyl (C=O) groups excluding carboxylic acids is 1. The Morgan fingerprint density at radius 3 is 2.75 bits per heavy atom. The molecule has 0 bridgehead atoms. The molecule has 2 heterocycles. The van der Waals surface area contributed by atoms with Crippen LogP contribution in [0.5, 0.6) is 0 Å². The molecule has 0 saturated heterocycles. The summed E-state index contributed by atoms with van der Waals surface area (Å²) in [5, 5.41) is 0. The molecule has 0 fully saturated rings. The number of hydrogen-bond donors (Lipinski definition) is 0. The molecule has 0 radical (unpaired) electrons. The van der Waals surface area contributed by atoms with Crippen LogP contribution < -0.4 is 0 Å². The van der Waals surface area contributed by atoms with Gasteiger partial charge in [-0.05, 0) is 39.0 Å². The molecule has 106 valence electrons. The highest BCUT2D eigenvalue weighted by Crippen LogP contribution is 2.22. The second-order valence-electron chi connectivity index (χ2n) is 5.00. The summed E-state index contributed by atoms with van der Waals surface area (Å²) in [6.45, 7) is 6.68. The van der Waals surface area contributed by atoms with Crippen LogP contribution in [0.1, 0.15) is 40.4 Å². The van der Waals surface area contributed by atoms with Gasteiger partial charge >= 0.3 is 0 Å². The molecule has 1 atom stereocenters. The number of ether oxygens (including phenoxy) is 1. The first-order valence-corrected chi connectivity index (χ1v) is 6.69. The fourth-order valence-corrected chi connectivity index (χ4v) is 2.64. The van der Waals surface area contributed by atoms with Gasteiger partial charge in [0.25, 0.3) is 0 Å². The third-order valence-corrected chi connectivity index (χ3v) is 3.48. The van der Waals surface area contributed by atoms with Crippen molar-refractivity contribution in [1.82, 2.24) is 9.55 Å². The minimum absolute atomic E-state index is 0.0328. The van der Waals surface area contributed by atoms with Crippen molar-refractivity contribution < 1.29 is 9.53 Å². The number of ketones is 1. The number of rotatable bonds is 5. The summed E-state index contributed by atoms with van der Waals surface area (Å²) in [6.07, 6.45) is 1.64. The van der Waals surface area contributed by atoms with Crippen LogP contribution in [0.25, 0.3) is 0 Å². The minimum Gasteiger partial charge on any atom is -0.383 e. The van der Waals surface area contributed by atoms with Gasteiger partial charge in [-0.1, -0.05) is 6.07 Å². The molecule has 0 amide bonds. The summed E-state index contributed by atoms with van der Waals surface area (Å²) < 4.78 is 7.34. The number of nitrogens with zero attached hydrogens (tertiary/aromatic N) is 2. The number of aryl methyl sites for hydroxylation is 1. The van der Waals surface area contributed by atoms with Crippen molar-refractivity contribution in [2.24, 2.45) is 0 Å². The molecule has 4 heteroatoms. The molecule has 4 nitrogen and oxygen atoms in total. The molecule has 2 rings (SSSR count). The van der Waals surface area contributed by atoms with Crippen LogP contribution in [0.3, 0.4) is 0 Å². The van der Waals surface area contributed by atoms with Crippen molar-refractivity contribution in [2.75, 3.05) is 13.7 Å². The van der Waals surface area contributed by atoms with E-state index in [1.54, 1.807) is 25.4 Å². The lowest BCUT2D eigenvalue weighted by molar-refractivity contribution is 0.103. The quantitative estimate of drug-likeness (QED) is 0.786. The van der Waals surface area contributed by atoms with Crippen LogP contribution in [0.4, 0.5) is 0 Å². The Kier molecular flexibility index (Phi) is 4.35. The van der Waals surface area contributed by atoms with Gasteiger partial charge in [0.1, 0.15) is 5.69 Å². The van der Waals surface area contributed by atoms with Crippen molar-refractivity contribution >= 4 is 5.78 Å². The zero-order valence-corrected chi connectivity index (χ0v) is 12.4. The Hall–Kier alpha value is -1.94. The van der Waals surface area contributed by atoms with Gasteiger partial charge in [-0.15, -0.1) is 0 Å². The molecule has 0 saturated carbocycles. The average Bonchev–Trinajstić information content (AvgIpc) is 2.74. The van der Waals surface area contributed by atoms with Crippen LogP contribution in [0.2, 0.25) is 0 Å². The zero-order chi connectivity index (χ0) is 14.7. The first-order chi connectivity index (χ1) is 9.56. The lowest BCUT2D eigenvalue weighted by Gasteiger charge is -2.17. The minimum atomic E-state index is -0.0328. The fraction of sp³-hybridized carbons (Fsp3) is 0.375. The second-order valence-corrected chi connectivity index (χ2v) is 5.00. The van der Waals surface area contributed by atoms with E-state index in [1.165, 1.54) is 0 Å². The van der Waals surface area contributed by atoms with Gasteiger partial charge in [-0.3, -0.25) is 9.78 Å². The van der Waals surface area contributed by atoms with E-state index in [1.807, 2.05) is 26.0 Å². The number of pyridine rings is 1. The highest BCUT2D eigenvalue weighted by molar-refractivity contribution is 6.08. The zero-order valence-electron chi connectivity index (χ0n) is 12.4. The number of hydrogen-bond acceptors (Lipinski definition) is 3. The molecule has 1 unspecified atom stereocenters. The van der Waals surface area contributed by atoms with Gasteiger partial charge in [0.2, 0.25) is 5.78 Å². The van der Waals surface area contributed by atoms with Gasteiger partial charge in [0.15, 0.2) is 0 Å². The first kappa shape index (κ1) is 14.5. The van der Waals surface area contributed by atoms with E-state index < -0.39 is 0 Å². The van der Waals surface area contributed by atoms with Gasteiger partial charge in [-0.25, -0.2) is 0 Å². The standard InChI is InChI=1S/C16H20N2O2/c1-11-9-14(13(3)18(11)12(2)10-20-4)16(19)15-7-5-6-8-17-15/h5-9,12H,10H2,1-4H3. The van der Waals surface area contributed by atoms with Gasteiger partial charge in [0.05, 0.1) is 12.6 Å². The Bertz CT molecular complexity index is 602. The topological polar surface area (TPSA) is 44.1 Å². The number of methoxy groups -OCH3 is 1. The lowest BCUT2D eigenvalue weighted by Crippen LogP contribution is -2.14. The van der Waals surface area contributed by atoms with E-state index in [-0.39, 0.29) is 11.8 Å². The summed E-state index contributed by atoms with van der Waals surface area (Å²) in [7, 11) is 1.69. The Morgan fingerprint density at radius 1 is 1.40 bits per heavy atom. The number of aromatic nitrogens is 2. The SMILES string of the molecule is COCC(C)n1c(C)cc(C(=O)c2ccccn2)c1C. The first-order valence-electron chi connectivity index (χ1n) is 6.69. The van der Waals surface area contributed by atoms with E-state index in [2.05, 4.69) is 16.5 Å². The fourth-order valence-electron chi connectivity index (χ4n) is 2.64. The Labute approximate surface area is 119 Å². The summed E-state index contributed by atoms with van der Waals surface area (Å²) in [5.41, 5.74) is 3.21. The maximum Gasteiger partial charge on any atom is 0.213 e.